The van der Waals surface area contributed by atoms with E-state index in [-0.39, 0.29) is 17.7 Å². The average Bonchev–Trinajstić information content (AvgIpc) is 3.56. The number of methoxy groups -OCH3 is 1. The maximum atomic E-state index is 13.4. The molecular formula is C27H24N4O6. The number of H-pyrrole nitrogens is 1. The second kappa shape index (κ2) is 9.40. The quantitative estimate of drug-likeness (QED) is 0.261. The van der Waals surface area contributed by atoms with Gasteiger partial charge in [-0.1, -0.05) is 36.4 Å². The van der Waals surface area contributed by atoms with Crippen molar-refractivity contribution in [2.24, 2.45) is 0 Å². The van der Waals surface area contributed by atoms with Crippen molar-refractivity contribution in [2.75, 3.05) is 20.8 Å². The minimum Gasteiger partial charge on any atom is -0.467 e. The molecule has 0 radical (unpaired) electrons. The van der Waals surface area contributed by atoms with Gasteiger partial charge in [-0.25, -0.2) is 4.79 Å². The molecule has 0 unspecified atom stereocenters. The summed E-state index contributed by atoms with van der Waals surface area (Å²) in [6.07, 6.45) is 3.38. The van der Waals surface area contributed by atoms with Gasteiger partial charge in [0.05, 0.1) is 24.9 Å². The monoisotopic (exact) mass is 500 g/mol. The third-order valence-electron chi connectivity index (χ3n) is 6.52. The van der Waals surface area contributed by atoms with Gasteiger partial charge >= 0.3 is 5.97 Å². The number of ether oxygens (including phenoxy) is 1. The Kier molecular flexibility index (Phi) is 6.10. The van der Waals surface area contributed by atoms with E-state index >= 15 is 0 Å². The van der Waals surface area contributed by atoms with Crippen LogP contribution >= 0.6 is 0 Å². The highest BCUT2D eigenvalue weighted by Gasteiger charge is 2.39. The zero-order chi connectivity index (χ0) is 26.3. The summed E-state index contributed by atoms with van der Waals surface area (Å²) in [5.41, 5.74) is 3.15. The first kappa shape index (κ1) is 24.0. The minimum absolute atomic E-state index is 0.193. The van der Waals surface area contributed by atoms with Crippen LogP contribution in [0.5, 0.6) is 0 Å². The van der Waals surface area contributed by atoms with Crippen LogP contribution in [0.1, 0.15) is 11.1 Å². The predicted molar refractivity (Wildman–Crippen MR) is 136 cm³/mol. The van der Waals surface area contributed by atoms with Crippen LogP contribution in [0.2, 0.25) is 0 Å². The summed E-state index contributed by atoms with van der Waals surface area (Å²) in [6.45, 7) is -0.804. The van der Waals surface area contributed by atoms with Crippen LogP contribution in [0.3, 0.4) is 0 Å². The number of hydrogen-bond donors (Lipinski definition) is 3. The fourth-order valence-corrected chi connectivity index (χ4v) is 4.71. The van der Waals surface area contributed by atoms with Gasteiger partial charge < -0.3 is 24.7 Å². The molecule has 0 saturated carbocycles. The molecule has 0 fully saturated rings. The van der Waals surface area contributed by atoms with Crippen molar-refractivity contribution in [3.05, 3.63) is 72.1 Å². The number of rotatable bonds is 7. The molecule has 2 aromatic carbocycles. The summed E-state index contributed by atoms with van der Waals surface area (Å²) in [7, 11) is 2.61. The van der Waals surface area contributed by atoms with Crippen LogP contribution in [0, 0.1) is 0 Å². The molecule has 1 aliphatic rings. The van der Waals surface area contributed by atoms with Gasteiger partial charge in [0, 0.05) is 52.4 Å². The van der Waals surface area contributed by atoms with E-state index < -0.39 is 36.3 Å². The molecule has 0 aliphatic carbocycles. The highest BCUT2D eigenvalue weighted by Crippen LogP contribution is 2.40. The largest absolute Gasteiger partial charge is 0.467 e. The standard InChI is InChI=1S/C27H24N4O6/c1-30-25(34)23(17-11-28-19-9-5-3-7-15(17)19)24(26(30)35)18-12-31(21-10-6-4-8-16(18)21)13-22(33)29-20(14-32)27(36)37-2/h3-12,20,28,32H,13-14H2,1-2H3,(H,29,33)/t20-/m1/s1. The summed E-state index contributed by atoms with van der Waals surface area (Å²) >= 11 is 0. The Balaban J connectivity index is 1.63. The van der Waals surface area contributed by atoms with E-state index in [2.05, 4.69) is 15.0 Å². The Labute approximate surface area is 211 Å². The number of hydrogen-bond acceptors (Lipinski definition) is 6. The van der Waals surface area contributed by atoms with Crippen molar-refractivity contribution < 1.29 is 29.0 Å². The molecule has 10 nitrogen and oxygen atoms in total. The topological polar surface area (TPSA) is 134 Å². The van der Waals surface area contributed by atoms with Crippen LogP contribution < -0.4 is 5.32 Å². The molecule has 2 aromatic heterocycles. The Morgan fingerprint density at radius 2 is 1.65 bits per heavy atom. The van der Waals surface area contributed by atoms with E-state index in [0.717, 1.165) is 15.8 Å². The number of nitrogens with one attached hydrogen (secondary N) is 2. The van der Waals surface area contributed by atoms with Gasteiger partial charge in [0.1, 0.15) is 6.54 Å². The van der Waals surface area contributed by atoms with E-state index in [1.54, 1.807) is 29.1 Å². The number of aliphatic hydroxyl groups is 1. The van der Waals surface area contributed by atoms with Gasteiger partial charge in [-0.15, -0.1) is 0 Å². The first-order chi connectivity index (χ1) is 17.8. The van der Waals surface area contributed by atoms with Crippen LogP contribution in [-0.4, -0.2) is 70.1 Å². The van der Waals surface area contributed by atoms with E-state index in [0.29, 0.717) is 22.0 Å². The molecular weight excluding hydrogens is 476 g/mol. The summed E-state index contributed by atoms with van der Waals surface area (Å²) in [4.78, 5) is 55.5. The van der Waals surface area contributed by atoms with Crippen molar-refractivity contribution in [3.8, 4) is 0 Å². The molecule has 3 amide bonds. The number of fused-ring (bicyclic) bond motifs is 2. The van der Waals surface area contributed by atoms with Crippen molar-refractivity contribution >= 4 is 56.6 Å². The first-order valence-electron chi connectivity index (χ1n) is 11.5. The predicted octanol–water partition coefficient (Wildman–Crippen LogP) is 1.68. The number of aromatic amines is 1. The number of nitrogens with zero attached hydrogens (tertiary/aromatic N) is 2. The summed E-state index contributed by atoms with van der Waals surface area (Å²) in [6, 6.07) is 13.6. The summed E-state index contributed by atoms with van der Waals surface area (Å²) in [5, 5.41) is 13.4. The van der Waals surface area contributed by atoms with Crippen LogP contribution in [0.15, 0.2) is 60.9 Å². The molecule has 5 rings (SSSR count). The first-order valence-corrected chi connectivity index (χ1v) is 11.5. The number of benzene rings is 2. The van der Waals surface area contributed by atoms with Crippen LogP contribution in [0.4, 0.5) is 0 Å². The number of amides is 3. The average molecular weight is 501 g/mol. The van der Waals surface area contributed by atoms with Gasteiger partial charge in [0.15, 0.2) is 6.04 Å². The molecule has 1 atom stereocenters. The molecule has 4 aromatic rings. The highest BCUT2D eigenvalue weighted by molar-refractivity contribution is 6.50. The second-order valence-corrected chi connectivity index (χ2v) is 8.68. The lowest BCUT2D eigenvalue weighted by molar-refractivity contribution is -0.146. The molecule has 0 bridgehead atoms. The Morgan fingerprint density at radius 1 is 1.00 bits per heavy atom. The number of likely N-dealkylation sites (N-methyl/N-ethyl adjacent to an activating group) is 1. The highest BCUT2D eigenvalue weighted by atomic mass is 16.5. The smallest absolute Gasteiger partial charge is 0.330 e. The van der Waals surface area contributed by atoms with Gasteiger partial charge in [-0.05, 0) is 12.1 Å². The Morgan fingerprint density at radius 3 is 2.35 bits per heavy atom. The zero-order valence-corrected chi connectivity index (χ0v) is 20.1. The van der Waals surface area contributed by atoms with Crippen LogP contribution in [-0.2, 0) is 30.5 Å². The molecule has 1 aliphatic heterocycles. The number of carbonyl (C=O) groups is 4. The van der Waals surface area contributed by atoms with Crippen molar-refractivity contribution in [1.82, 2.24) is 19.8 Å². The number of carbonyl (C=O) groups excluding carboxylic acids is 4. The number of aromatic nitrogens is 2. The van der Waals surface area contributed by atoms with Crippen molar-refractivity contribution in [3.63, 3.8) is 0 Å². The van der Waals surface area contributed by atoms with Gasteiger partial charge in [-0.3, -0.25) is 19.3 Å². The Hall–Kier alpha value is -4.70. The SMILES string of the molecule is COC(=O)[C@@H](CO)NC(=O)Cn1cc(C2=C(c3c[nH]c4ccccc34)C(=O)N(C)C2=O)c2ccccc21. The summed E-state index contributed by atoms with van der Waals surface area (Å²) in [5.74, 6) is -2.15. The second-order valence-electron chi connectivity index (χ2n) is 8.68. The lowest BCUT2D eigenvalue weighted by Gasteiger charge is -2.14. The zero-order valence-electron chi connectivity index (χ0n) is 20.1. The third-order valence-corrected chi connectivity index (χ3v) is 6.52. The molecule has 0 saturated heterocycles. The molecule has 188 valence electrons. The lowest BCUT2D eigenvalue weighted by atomic mass is 9.95. The molecule has 37 heavy (non-hydrogen) atoms. The molecule has 0 spiro atoms. The third kappa shape index (κ3) is 3.97. The van der Waals surface area contributed by atoms with E-state index in [4.69, 9.17) is 0 Å². The van der Waals surface area contributed by atoms with Gasteiger partial charge in [0.25, 0.3) is 11.8 Å². The van der Waals surface area contributed by atoms with Crippen molar-refractivity contribution in [1.29, 1.82) is 0 Å². The van der Waals surface area contributed by atoms with E-state index in [1.807, 2.05) is 36.4 Å². The molecule has 3 N–H and O–H groups in total. The van der Waals surface area contributed by atoms with Gasteiger partial charge in [-0.2, -0.15) is 0 Å². The number of esters is 1. The summed E-state index contributed by atoms with van der Waals surface area (Å²) < 4.78 is 6.24. The van der Waals surface area contributed by atoms with Gasteiger partial charge in [0.2, 0.25) is 5.91 Å². The molecule has 10 heteroatoms. The van der Waals surface area contributed by atoms with Crippen molar-refractivity contribution in [2.45, 2.75) is 12.6 Å². The fourth-order valence-electron chi connectivity index (χ4n) is 4.71. The Bertz CT molecular complexity index is 1610. The van der Waals surface area contributed by atoms with E-state index in [9.17, 15) is 24.3 Å². The minimum atomic E-state index is -1.20. The maximum Gasteiger partial charge on any atom is 0.330 e. The normalized spacial score (nSPS) is 14.6. The fraction of sp³-hybridized carbons (Fsp3) is 0.185. The lowest BCUT2D eigenvalue weighted by Crippen LogP contribution is -2.45. The molecule has 3 heterocycles. The number of aliphatic hydroxyl groups excluding tert-OH is 1. The van der Waals surface area contributed by atoms with E-state index in [1.165, 1.54) is 14.2 Å². The van der Waals surface area contributed by atoms with Crippen LogP contribution in [0.25, 0.3) is 33.0 Å². The number of para-hydroxylation sites is 2. The maximum absolute atomic E-state index is 13.4. The number of imide groups is 1.